The Morgan fingerprint density at radius 3 is 2.50 bits per heavy atom. The lowest BCUT2D eigenvalue weighted by molar-refractivity contribution is -0.141. The van der Waals surface area contributed by atoms with Crippen LogP contribution in [0.25, 0.3) is 0 Å². The maximum atomic E-state index is 11.5. The van der Waals surface area contributed by atoms with Crippen molar-refractivity contribution in [1.82, 2.24) is 5.32 Å². The lowest BCUT2D eigenvalue weighted by atomic mass is 10.2. The van der Waals surface area contributed by atoms with Gasteiger partial charge in [-0.15, -0.1) is 0 Å². The van der Waals surface area contributed by atoms with Crippen LogP contribution < -0.4 is 5.32 Å². The van der Waals surface area contributed by atoms with Gasteiger partial charge in [-0.2, -0.15) is 0 Å². The van der Waals surface area contributed by atoms with Gasteiger partial charge < -0.3 is 15.2 Å². The monoisotopic (exact) mass is 199 g/mol. The van der Waals surface area contributed by atoms with Crippen LogP contribution in [0.3, 0.4) is 0 Å². The molecule has 14 heavy (non-hydrogen) atoms. The molecule has 1 heterocycles. The number of carboxylic acids is 1. The van der Waals surface area contributed by atoms with Crippen molar-refractivity contribution >= 4 is 11.9 Å². The predicted molar refractivity (Wildman–Crippen MR) is 46.5 cm³/mol. The highest BCUT2D eigenvalue weighted by molar-refractivity contribution is 5.87. The predicted octanol–water partition coefficient (Wildman–Crippen LogP) is -0.532. The average molecular weight is 199 g/mol. The van der Waals surface area contributed by atoms with E-state index in [1.165, 1.54) is 6.92 Å². The van der Waals surface area contributed by atoms with Crippen LogP contribution in [0.4, 0.5) is 0 Å². The number of carbonyl (C=O) groups excluding carboxylic acids is 1. The molecule has 3 unspecified atom stereocenters. The number of hydrogen-bond acceptors (Lipinski definition) is 3. The third kappa shape index (κ3) is 1.48. The summed E-state index contributed by atoms with van der Waals surface area (Å²) in [5.74, 6) is -0.490. The molecule has 2 fully saturated rings. The molecule has 2 aliphatic rings. The second-order valence-corrected chi connectivity index (χ2v) is 3.96. The highest BCUT2D eigenvalue weighted by Crippen LogP contribution is 2.50. The third-order valence-electron chi connectivity index (χ3n) is 2.98. The normalized spacial score (nSPS) is 35.9. The van der Waals surface area contributed by atoms with Crippen molar-refractivity contribution in [1.29, 1.82) is 0 Å². The van der Waals surface area contributed by atoms with Gasteiger partial charge in [0.2, 0.25) is 5.91 Å². The maximum absolute atomic E-state index is 11.5. The van der Waals surface area contributed by atoms with Crippen LogP contribution in [0.1, 0.15) is 6.92 Å². The van der Waals surface area contributed by atoms with Gasteiger partial charge in [0.1, 0.15) is 6.04 Å². The van der Waals surface area contributed by atoms with E-state index in [0.29, 0.717) is 25.0 Å². The van der Waals surface area contributed by atoms with E-state index in [1.807, 2.05) is 0 Å². The maximum Gasteiger partial charge on any atom is 0.325 e. The van der Waals surface area contributed by atoms with Crippen molar-refractivity contribution < 1.29 is 19.4 Å². The first-order valence-electron chi connectivity index (χ1n) is 4.72. The number of amides is 1. The van der Waals surface area contributed by atoms with Crippen LogP contribution in [-0.4, -0.2) is 36.2 Å². The van der Waals surface area contributed by atoms with E-state index in [2.05, 4.69) is 5.32 Å². The first-order chi connectivity index (χ1) is 6.61. The molecule has 0 radical (unpaired) electrons. The molecule has 1 aliphatic heterocycles. The standard InChI is InChI=1S/C9H13NO4/c1-4(9(12)13)10-8(11)7-5-2-14-3-6(5)7/h4-7H,2-3H2,1H3,(H,10,11)(H,12,13). The molecule has 78 valence electrons. The molecule has 5 heteroatoms. The van der Waals surface area contributed by atoms with E-state index >= 15 is 0 Å². The highest BCUT2D eigenvalue weighted by Gasteiger charge is 2.58. The molecule has 0 bridgehead atoms. The van der Waals surface area contributed by atoms with E-state index in [0.717, 1.165) is 0 Å². The Balaban J connectivity index is 1.83. The first-order valence-corrected chi connectivity index (χ1v) is 4.72. The van der Waals surface area contributed by atoms with Gasteiger partial charge in [0.15, 0.2) is 0 Å². The lowest BCUT2D eigenvalue weighted by Crippen LogP contribution is -2.40. The number of carboxylic acid groups (broad SMARTS) is 1. The molecule has 0 spiro atoms. The molecule has 1 saturated carbocycles. The van der Waals surface area contributed by atoms with Gasteiger partial charge in [-0.25, -0.2) is 0 Å². The number of aliphatic carboxylic acids is 1. The van der Waals surface area contributed by atoms with Gasteiger partial charge in [-0.3, -0.25) is 9.59 Å². The summed E-state index contributed by atoms with van der Waals surface area (Å²) < 4.78 is 5.14. The minimum Gasteiger partial charge on any atom is -0.480 e. The molecule has 1 amide bonds. The molecule has 1 aliphatic carbocycles. The minimum atomic E-state index is -1.000. The molecule has 0 aromatic rings. The van der Waals surface area contributed by atoms with Gasteiger partial charge in [-0.05, 0) is 18.8 Å². The minimum absolute atomic E-state index is 0.00875. The zero-order valence-electron chi connectivity index (χ0n) is 7.90. The number of rotatable bonds is 3. The molecule has 2 rings (SSSR count). The Kier molecular flexibility index (Phi) is 2.19. The topological polar surface area (TPSA) is 75.6 Å². The molecule has 1 saturated heterocycles. The van der Waals surface area contributed by atoms with E-state index in [-0.39, 0.29) is 11.8 Å². The van der Waals surface area contributed by atoms with Crippen molar-refractivity contribution in [2.45, 2.75) is 13.0 Å². The van der Waals surface area contributed by atoms with E-state index < -0.39 is 12.0 Å². The Hall–Kier alpha value is -1.10. The van der Waals surface area contributed by atoms with E-state index in [1.54, 1.807) is 0 Å². The van der Waals surface area contributed by atoms with Crippen molar-refractivity contribution in [3.63, 3.8) is 0 Å². The van der Waals surface area contributed by atoms with Crippen LogP contribution in [0.5, 0.6) is 0 Å². The number of ether oxygens (including phenoxy) is 1. The van der Waals surface area contributed by atoms with Crippen LogP contribution in [0, 0.1) is 17.8 Å². The zero-order chi connectivity index (χ0) is 10.3. The summed E-state index contributed by atoms with van der Waals surface area (Å²) in [5, 5.41) is 11.1. The summed E-state index contributed by atoms with van der Waals surface area (Å²) in [6.45, 7) is 2.75. The Morgan fingerprint density at radius 2 is 2.00 bits per heavy atom. The Bertz CT molecular complexity index is 268. The fourth-order valence-electron chi connectivity index (χ4n) is 2.00. The van der Waals surface area contributed by atoms with Gasteiger partial charge in [0, 0.05) is 5.92 Å². The van der Waals surface area contributed by atoms with E-state index in [4.69, 9.17) is 9.84 Å². The highest BCUT2D eigenvalue weighted by atomic mass is 16.5. The summed E-state index contributed by atoms with van der Waals surface area (Å²) in [7, 11) is 0. The van der Waals surface area contributed by atoms with Gasteiger partial charge in [-0.1, -0.05) is 0 Å². The first kappa shape index (κ1) is 9.45. The van der Waals surface area contributed by atoms with Crippen LogP contribution in [0.15, 0.2) is 0 Å². The van der Waals surface area contributed by atoms with Crippen molar-refractivity contribution in [3.05, 3.63) is 0 Å². The SMILES string of the molecule is CC(NC(=O)C1C2COCC21)C(=O)O. The molecule has 0 aromatic heterocycles. The summed E-state index contributed by atoms with van der Waals surface area (Å²) in [4.78, 5) is 22.0. The van der Waals surface area contributed by atoms with E-state index in [9.17, 15) is 9.59 Å². The second kappa shape index (κ2) is 3.24. The average Bonchev–Trinajstić information content (AvgIpc) is 2.61. The summed E-state index contributed by atoms with van der Waals surface area (Å²) in [6.07, 6.45) is 0. The lowest BCUT2D eigenvalue weighted by Gasteiger charge is -2.10. The number of hydrogen-bond donors (Lipinski definition) is 2. The third-order valence-corrected chi connectivity index (χ3v) is 2.98. The van der Waals surface area contributed by atoms with Crippen molar-refractivity contribution in [2.24, 2.45) is 17.8 Å². The Morgan fingerprint density at radius 1 is 1.43 bits per heavy atom. The fourth-order valence-corrected chi connectivity index (χ4v) is 2.00. The quantitative estimate of drug-likeness (QED) is 0.640. The number of carbonyl (C=O) groups is 2. The largest absolute Gasteiger partial charge is 0.480 e. The molecule has 2 N–H and O–H groups in total. The summed E-state index contributed by atoms with van der Waals surface area (Å²) in [5.41, 5.74) is 0. The number of fused-ring (bicyclic) bond motifs is 1. The van der Waals surface area contributed by atoms with Crippen LogP contribution in [-0.2, 0) is 14.3 Å². The number of nitrogens with one attached hydrogen (secondary N) is 1. The molecule has 5 nitrogen and oxygen atoms in total. The summed E-state index contributed by atoms with van der Waals surface area (Å²) in [6, 6.07) is -0.801. The molecular formula is C9H13NO4. The van der Waals surface area contributed by atoms with Crippen molar-refractivity contribution in [3.8, 4) is 0 Å². The Labute approximate surface area is 81.4 Å². The van der Waals surface area contributed by atoms with Crippen LogP contribution in [0.2, 0.25) is 0 Å². The van der Waals surface area contributed by atoms with Crippen molar-refractivity contribution in [2.75, 3.05) is 13.2 Å². The molecule has 0 aromatic carbocycles. The fraction of sp³-hybridized carbons (Fsp3) is 0.778. The van der Waals surface area contributed by atoms with Crippen LogP contribution >= 0.6 is 0 Å². The van der Waals surface area contributed by atoms with Gasteiger partial charge in [0.25, 0.3) is 0 Å². The summed E-state index contributed by atoms with van der Waals surface area (Å²) >= 11 is 0. The zero-order valence-corrected chi connectivity index (χ0v) is 7.90. The molecule has 3 atom stereocenters. The molecular weight excluding hydrogens is 186 g/mol. The van der Waals surface area contributed by atoms with Gasteiger partial charge in [0.05, 0.1) is 13.2 Å². The second-order valence-electron chi connectivity index (χ2n) is 3.96. The smallest absolute Gasteiger partial charge is 0.325 e. The van der Waals surface area contributed by atoms with Gasteiger partial charge >= 0.3 is 5.97 Å².